The molecule has 148 valence electrons. The fraction of sp³-hybridized carbons (Fsp3) is 0.526. The van der Waals surface area contributed by atoms with Gasteiger partial charge in [-0.1, -0.05) is 12.1 Å². The van der Waals surface area contributed by atoms with Gasteiger partial charge in [-0.25, -0.2) is 4.98 Å². The predicted octanol–water partition coefficient (Wildman–Crippen LogP) is 2.47. The van der Waals surface area contributed by atoms with Crippen LogP contribution in [0, 0.1) is 5.92 Å². The summed E-state index contributed by atoms with van der Waals surface area (Å²) in [6, 6.07) is 7.32. The van der Waals surface area contributed by atoms with Gasteiger partial charge < -0.3 is 15.6 Å². The van der Waals surface area contributed by atoms with Crippen LogP contribution in [-0.4, -0.2) is 41.3 Å². The zero-order valence-corrected chi connectivity index (χ0v) is 17.0. The Labute approximate surface area is 169 Å². The highest BCUT2D eigenvalue weighted by molar-refractivity contribution is 7.98. The third-order valence-electron chi connectivity index (χ3n) is 4.65. The summed E-state index contributed by atoms with van der Waals surface area (Å²) in [4.78, 5) is 31.2. The monoisotopic (exact) mass is 410 g/mol. The lowest BCUT2D eigenvalue weighted by atomic mass is 9.96. The average molecular weight is 411 g/mol. The number of hydrogen-bond acceptors (Lipinski definition) is 5. The highest BCUT2D eigenvalue weighted by atomic mass is 35.5. The van der Waals surface area contributed by atoms with Gasteiger partial charge in [-0.05, 0) is 50.4 Å². The molecule has 2 aromatic rings. The lowest BCUT2D eigenvalue weighted by molar-refractivity contribution is -0.120. The number of nitrogens with one attached hydrogen (secondary N) is 3. The zero-order chi connectivity index (χ0) is 18.2. The number of thioether (sulfide) groups is 1. The van der Waals surface area contributed by atoms with E-state index in [4.69, 9.17) is 0 Å². The van der Waals surface area contributed by atoms with Crippen molar-refractivity contribution in [1.82, 2.24) is 20.6 Å². The number of aromatic nitrogens is 2. The van der Waals surface area contributed by atoms with Crippen molar-refractivity contribution in [3.05, 3.63) is 40.4 Å². The molecule has 1 aliphatic heterocycles. The molecule has 0 spiro atoms. The number of aromatic amines is 1. The Bertz CT molecular complexity index is 793. The van der Waals surface area contributed by atoms with Crippen LogP contribution in [0.5, 0.6) is 0 Å². The first kappa shape index (κ1) is 21.7. The molecule has 0 aliphatic carbocycles. The number of carbonyl (C=O) groups excluding carboxylic acids is 1. The van der Waals surface area contributed by atoms with E-state index in [1.54, 1.807) is 17.8 Å². The van der Waals surface area contributed by atoms with Crippen molar-refractivity contribution in [1.29, 1.82) is 0 Å². The molecule has 1 amide bonds. The van der Waals surface area contributed by atoms with E-state index in [1.165, 1.54) is 12.8 Å². The molecule has 0 radical (unpaired) electrons. The Balaban J connectivity index is 0.00000261. The third kappa shape index (κ3) is 6.83. The Morgan fingerprint density at radius 2 is 2.19 bits per heavy atom. The highest BCUT2D eigenvalue weighted by Gasteiger charge is 2.12. The van der Waals surface area contributed by atoms with E-state index in [0.717, 1.165) is 26.1 Å². The molecule has 1 saturated heterocycles. The number of piperidine rings is 1. The molecule has 1 unspecified atom stereocenters. The van der Waals surface area contributed by atoms with Crippen LogP contribution in [0.3, 0.4) is 0 Å². The van der Waals surface area contributed by atoms with E-state index in [2.05, 4.69) is 20.6 Å². The molecule has 1 atom stereocenters. The summed E-state index contributed by atoms with van der Waals surface area (Å²) in [5.74, 6) is 2.76. The first-order valence-electron chi connectivity index (χ1n) is 9.25. The minimum atomic E-state index is -0.110. The molecule has 0 bridgehead atoms. The van der Waals surface area contributed by atoms with E-state index >= 15 is 0 Å². The smallest absolute Gasteiger partial charge is 0.258 e. The predicted molar refractivity (Wildman–Crippen MR) is 114 cm³/mol. The van der Waals surface area contributed by atoms with E-state index in [0.29, 0.717) is 40.6 Å². The Hall–Kier alpha value is -1.57. The standard InChI is InChI=1S/C19H26N4O2S.ClH/c24-18(21-10-7-14-4-3-9-20-12-14)8-11-26-13-17-22-16-6-2-1-5-15(16)19(25)23-17;/h1-2,5-6,14,20H,3-4,7-13H2,(H,21,24)(H,22,23,25);1H. The van der Waals surface area contributed by atoms with Crippen molar-refractivity contribution in [3.63, 3.8) is 0 Å². The molecule has 2 heterocycles. The van der Waals surface area contributed by atoms with Gasteiger partial charge in [0, 0.05) is 18.7 Å². The van der Waals surface area contributed by atoms with Crippen LogP contribution in [0.15, 0.2) is 29.1 Å². The number of nitrogens with zero attached hydrogens (tertiary/aromatic N) is 1. The van der Waals surface area contributed by atoms with Crippen LogP contribution in [0.2, 0.25) is 0 Å². The molecule has 8 heteroatoms. The first-order valence-corrected chi connectivity index (χ1v) is 10.4. The minimum Gasteiger partial charge on any atom is -0.356 e. The number of benzene rings is 1. The van der Waals surface area contributed by atoms with Crippen molar-refractivity contribution in [3.8, 4) is 0 Å². The minimum absolute atomic E-state index is 0. The van der Waals surface area contributed by atoms with Gasteiger partial charge in [-0.15, -0.1) is 12.4 Å². The van der Waals surface area contributed by atoms with Gasteiger partial charge in [0.15, 0.2) is 0 Å². The van der Waals surface area contributed by atoms with Gasteiger partial charge in [0.25, 0.3) is 5.56 Å². The molecular weight excluding hydrogens is 384 g/mol. The fourth-order valence-electron chi connectivity index (χ4n) is 3.21. The molecule has 1 fully saturated rings. The maximum absolute atomic E-state index is 12.0. The van der Waals surface area contributed by atoms with Crippen molar-refractivity contribution in [2.75, 3.05) is 25.4 Å². The second-order valence-corrected chi connectivity index (χ2v) is 7.79. The number of para-hydroxylation sites is 1. The molecule has 0 saturated carbocycles. The van der Waals surface area contributed by atoms with Crippen LogP contribution in [0.4, 0.5) is 0 Å². The quantitative estimate of drug-likeness (QED) is 0.582. The Morgan fingerprint density at radius 1 is 1.33 bits per heavy atom. The first-order chi connectivity index (χ1) is 12.7. The second kappa shape index (κ2) is 11.3. The van der Waals surface area contributed by atoms with Crippen LogP contribution in [0.25, 0.3) is 10.9 Å². The van der Waals surface area contributed by atoms with Gasteiger partial charge in [0.05, 0.1) is 16.7 Å². The van der Waals surface area contributed by atoms with Crippen LogP contribution >= 0.6 is 24.2 Å². The van der Waals surface area contributed by atoms with E-state index in [-0.39, 0.29) is 23.9 Å². The summed E-state index contributed by atoms with van der Waals surface area (Å²) >= 11 is 1.61. The number of rotatable bonds is 8. The number of hydrogen-bond donors (Lipinski definition) is 3. The molecular formula is C19H27ClN4O2S. The topological polar surface area (TPSA) is 86.9 Å². The molecule has 3 rings (SSSR count). The Kier molecular flexibility index (Phi) is 9.10. The number of amides is 1. The third-order valence-corrected chi connectivity index (χ3v) is 5.62. The molecule has 1 aromatic heterocycles. The van der Waals surface area contributed by atoms with Crippen LogP contribution < -0.4 is 16.2 Å². The Morgan fingerprint density at radius 3 is 3.00 bits per heavy atom. The summed E-state index contributed by atoms with van der Waals surface area (Å²) in [6.45, 7) is 2.95. The van der Waals surface area contributed by atoms with Crippen molar-refractivity contribution < 1.29 is 4.79 Å². The summed E-state index contributed by atoms with van der Waals surface area (Å²) in [5, 5.41) is 7.01. The summed E-state index contributed by atoms with van der Waals surface area (Å²) in [5.41, 5.74) is 0.600. The maximum Gasteiger partial charge on any atom is 0.258 e. The molecule has 3 N–H and O–H groups in total. The molecule has 1 aliphatic rings. The normalized spacial score (nSPS) is 16.7. The van der Waals surface area contributed by atoms with E-state index < -0.39 is 0 Å². The second-order valence-electron chi connectivity index (χ2n) is 6.68. The van der Waals surface area contributed by atoms with Crippen molar-refractivity contribution in [2.24, 2.45) is 5.92 Å². The summed E-state index contributed by atoms with van der Waals surface area (Å²) in [7, 11) is 0. The number of H-pyrrole nitrogens is 1. The van der Waals surface area contributed by atoms with Gasteiger partial charge >= 0.3 is 0 Å². The lowest BCUT2D eigenvalue weighted by Gasteiger charge is -2.22. The summed E-state index contributed by atoms with van der Waals surface area (Å²) in [6.07, 6.45) is 4.04. The number of fused-ring (bicyclic) bond motifs is 1. The summed E-state index contributed by atoms with van der Waals surface area (Å²) < 4.78 is 0. The zero-order valence-electron chi connectivity index (χ0n) is 15.3. The largest absolute Gasteiger partial charge is 0.356 e. The van der Waals surface area contributed by atoms with E-state index in [1.807, 2.05) is 18.2 Å². The highest BCUT2D eigenvalue weighted by Crippen LogP contribution is 2.14. The van der Waals surface area contributed by atoms with Gasteiger partial charge in [0.2, 0.25) is 5.91 Å². The van der Waals surface area contributed by atoms with Crippen molar-refractivity contribution >= 4 is 41.0 Å². The lowest BCUT2D eigenvalue weighted by Crippen LogP contribution is -2.33. The van der Waals surface area contributed by atoms with Crippen LogP contribution in [0.1, 0.15) is 31.5 Å². The van der Waals surface area contributed by atoms with Gasteiger partial charge in [-0.3, -0.25) is 9.59 Å². The SMILES string of the molecule is Cl.O=C(CCSCc1nc2ccccc2c(=O)[nH]1)NCCC1CCCNC1. The van der Waals surface area contributed by atoms with Crippen LogP contribution in [-0.2, 0) is 10.5 Å². The average Bonchev–Trinajstić information content (AvgIpc) is 2.66. The number of halogens is 1. The molecule has 6 nitrogen and oxygen atoms in total. The maximum atomic E-state index is 12.0. The molecule has 1 aromatic carbocycles. The fourth-order valence-corrected chi connectivity index (χ4v) is 4.02. The molecule has 27 heavy (non-hydrogen) atoms. The van der Waals surface area contributed by atoms with Gasteiger partial charge in [-0.2, -0.15) is 11.8 Å². The van der Waals surface area contributed by atoms with Gasteiger partial charge in [0.1, 0.15) is 5.82 Å². The number of carbonyl (C=O) groups is 1. The van der Waals surface area contributed by atoms with E-state index in [9.17, 15) is 9.59 Å². The van der Waals surface area contributed by atoms with Crippen molar-refractivity contribution in [2.45, 2.75) is 31.4 Å².